The first-order valence-corrected chi connectivity index (χ1v) is 7.90. The molecular weight excluding hydrogens is 272 g/mol. The molecule has 1 fully saturated rings. The minimum Gasteiger partial charge on any atom is -0.392 e. The van der Waals surface area contributed by atoms with E-state index >= 15 is 0 Å². The fourth-order valence-electron chi connectivity index (χ4n) is 3.46. The Kier molecular flexibility index (Phi) is 3.23. The Bertz CT molecular complexity index is 817. The number of aliphatic hydroxyl groups excluding tert-OH is 1. The molecule has 1 saturated carbocycles. The van der Waals surface area contributed by atoms with Crippen LogP contribution in [0.4, 0.5) is 0 Å². The van der Waals surface area contributed by atoms with Gasteiger partial charge in [0.2, 0.25) is 0 Å². The van der Waals surface area contributed by atoms with Gasteiger partial charge in [-0.05, 0) is 48.8 Å². The molecule has 0 saturated heterocycles. The van der Waals surface area contributed by atoms with Crippen molar-refractivity contribution >= 4 is 10.9 Å². The Morgan fingerprint density at radius 3 is 2.82 bits per heavy atom. The molecule has 0 amide bonds. The highest BCUT2D eigenvalue weighted by molar-refractivity contribution is 5.83. The SMILES string of the molecule is Cc1cccnc1C(C1CC1)n1ccc2cccc(CO)c21. The Hall–Kier alpha value is -2.13. The van der Waals surface area contributed by atoms with E-state index in [1.807, 2.05) is 24.4 Å². The maximum Gasteiger partial charge on any atom is 0.0788 e. The zero-order chi connectivity index (χ0) is 15.1. The summed E-state index contributed by atoms with van der Waals surface area (Å²) in [6.07, 6.45) is 6.54. The van der Waals surface area contributed by atoms with Gasteiger partial charge in [0.05, 0.1) is 23.9 Å². The molecule has 0 aliphatic heterocycles. The molecule has 3 heteroatoms. The lowest BCUT2D eigenvalue weighted by atomic mass is 10.0. The van der Waals surface area contributed by atoms with Crippen molar-refractivity contribution in [3.05, 3.63) is 65.6 Å². The van der Waals surface area contributed by atoms with Gasteiger partial charge in [-0.25, -0.2) is 0 Å². The minimum atomic E-state index is 0.0694. The molecule has 0 bridgehead atoms. The molecule has 1 aromatic carbocycles. The van der Waals surface area contributed by atoms with Crippen molar-refractivity contribution in [3.63, 3.8) is 0 Å². The summed E-state index contributed by atoms with van der Waals surface area (Å²) in [6, 6.07) is 12.7. The van der Waals surface area contributed by atoms with Crippen molar-refractivity contribution in [2.24, 2.45) is 5.92 Å². The number of fused-ring (bicyclic) bond motifs is 1. The smallest absolute Gasteiger partial charge is 0.0788 e. The molecule has 2 heterocycles. The molecule has 0 radical (unpaired) electrons. The number of aliphatic hydroxyl groups is 1. The van der Waals surface area contributed by atoms with Gasteiger partial charge >= 0.3 is 0 Å². The highest BCUT2D eigenvalue weighted by Crippen LogP contribution is 2.45. The molecule has 3 aromatic rings. The summed E-state index contributed by atoms with van der Waals surface area (Å²) in [7, 11) is 0. The lowest BCUT2D eigenvalue weighted by Gasteiger charge is -2.22. The van der Waals surface area contributed by atoms with Crippen LogP contribution in [0.25, 0.3) is 10.9 Å². The summed E-state index contributed by atoms with van der Waals surface area (Å²) >= 11 is 0. The molecule has 1 unspecified atom stereocenters. The van der Waals surface area contributed by atoms with E-state index in [0.29, 0.717) is 5.92 Å². The lowest BCUT2D eigenvalue weighted by Crippen LogP contribution is -2.15. The number of hydrogen-bond acceptors (Lipinski definition) is 2. The molecule has 4 rings (SSSR count). The van der Waals surface area contributed by atoms with Gasteiger partial charge in [-0.3, -0.25) is 4.98 Å². The lowest BCUT2D eigenvalue weighted by molar-refractivity contribution is 0.282. The molecule has 1 aliphatic rings. The second-order valence-corrected chi connectivity index (χ2v) is 6.22. The Balaban J connectivity index is 1.93. The van der Waals surface area contributed by atoms with Gasteiger partial charge in [-0.1, -0.05) is 24.3 Å². The van der Waals surface area contributed by atoms with E-state index in [1.165, 1.54) is 23.8 Å². The van der Waals surface area contributed by atoms with Crippen LogP contribution in [0.3, 0.4) is 0 Å². The number of rotatable bonds is 4. The first kappa shape index (κ1) is 13.5. The maximum absolute atomic E-state index is 9.71. The van der Waals surface area contributed by atoms with Crippen LogP contribution in [0.5, 0.6) is 0 Å². The quantitative estimate of drug-likeness (QED) is 0.793. The third-order valence-electron chi connectivity index (χ3n) is 4.69. The first-order valence-electron chi connectivity index (χ1n) is 7.90. The van der Waals surface area contributed by atoms with Gasteiger partial charge in [0, 0.05) is 18.0 Å². The number of hydrogen-bond donors (Lipinski definition) is 1. The van der Waals surface area contributed by atoms with Crippen LogP contribution >= 0.6 is 0 Å². The van der Waals surface area contributed by atoms with Crippen LogP contribution in [0.15, 0.2) is 48.8 Å². The van der Waals surface area contributed by atoms with E-state index in [0.717, 1.165) is 16.8 Å². The standard InChI is InChI=1S/C19H20N2O/c1-13-4-3-10-20-17(13)19(15-7-8-15)21-11-9-14-5-2-6-16(12-22)18(14)21/h2-6,9-11,15,19,22H,7-8,12H2,1H3. The van der Waals surface area contributed by atoms with Gasteiger partial charge < -0.3 is 9.67 Å². The van der Waals surface area contributed by atoms with Crippen LogP contribution in [0, 0.1) is 12.8 Å². The molecule has 112 valence electrons. The van der Waals surface area contributed by atoms with Crippen molar-refractivity contribution in [2.45, 2.75) is 32.4 Å². The van der Waals surface area contributed by atoms with Crippen LogP contribution in [-0.4, -0.2) is 14.7 Å². The molecule has 1 aliphatic carbocycles. The fraction of sp³-hybridized carbons (Fsp3) is 0.316. The van der Waals surface area contributed by atoms with Gasteiger partial charge in [0.1, 0.15) is 0 Å². The fourth-order valence-corrected chi connectivity index (χ4v) is 3.46. The predicted octanol–water partition coefficient (Wildman–Crippen LogP) is 3.84. The largest absolute Gasteiger partial charge is 0.392 e. The monoisotopic (exact) mass is 292 g/mol. The predicted molar refractivity (Wildman–Crippen MR) is 87.7 cm³/mol. The normalized spacial score (nSPS) is 16.1. The average Bonchev–Trinajstić information content (AvgIpc) is 3.29. The summed E-state index contributed by atoms with van der Waals surface area (Å²) in [5.41, 5.74) is 4.53. The highest BCUT2D eigenvalue weighted by atomic mass is 16.3. The van der Waals surface area contributed by atoms with Crippen molar-refractivity contribution in [1.82, 2.24) is 9.55 Å². The van der Waals surface area contributed by atoms with Gasteiger partial charge in [-0.15, -0.1) is 0 Å². The van der Waals surface area contributed by atoms with E-state index in [4.69, 9.17) is 0 Å². The third-order valence-corrected chi connectivity index (χ3v) is 4.69. The van der Waals surface area contributed by atoms with Crippen molar-refractivity contribution in [1.29, 1.82) is 0 Å². The number of benzene rings is 1. The molecule has 1 atom stereocenters. The molecular formula is C19H20N2O. The Morgan fingerprint density at radius 2 is 2.09 bits per heavy atom. The van der Waals surface area contributed by atoms with Gasteiger partial charge in [0.25, 0.3) is 0 Å². The number of pyridine rings is 1. The number of para-hydroxylation sites is 1. The van der Waals surface area contributed by atoms with Crippen molar-refractivity contribution < 1.29 is 5.11 Å². The van der Waals surface area contributed by atoms with E-state index in [9.17, 15) is 5.11 Å². The van der Waals surface area contributed by atoms with Crippen LogP contribution < -0.4 is 0 Å². The minimum absolute atomic E-state index is 0.0694. The molecule has 2 aromatic heterocycles. The third kappa shape index (κ3) is 2.13. The van der Waals surface area contributed by atoms with E-state index in [2.05, 4.69) is 40.9 Å². The zero-order valence-corrected chi connectivity index (χ0v) is 12.7. The molecule has 22 heavy (non-hydrogen) atoms. The Morgan fingerprint density at radius 1 is 1.23 bits per heavy atom. The summed E-state index contributed by atoms with van der Waals surface area (Å²) in [6.45, 7) is 2.20. The van der Waals surface area contributed by atoms with Crippen molar-refractivity contribution in [3.8, 4) is 0 Å². The topological polar surface area (TPSA) is 38.0 Å². The van der Waals surface area contributed by atoms with E-state index < -0.39 is 0 Å². The summed E-state index contributed by atoms with van der Waals surface area (Å²) in [4.78, 5) is 4.67. The van der Waals surface area contributed by atoms with E-state index in [1.54, 1.807) is 0 Å². The average molecular weight is 292 g/mol. The van der Waals surface area contributed by atoms with Gasteiger partial charge in [-0.2, -0.15) is 0 Å². The molecule has 3 nitrogen and oxygen atoms in total. The second-order valence-electron chi connectivity index (χ2n) is 6.22. The van der Waals surface area contributed by atoms with E-state index in [-0.39, 0.29) is 12.6 Å². The number of aromatic nitrogens is 2. The zero-order valence-electron chi connectivity index (χ0n) is 12.7. The Labute approximate surface area is 130 Å². The molecule has 1 N–H and O–H groups in total. The van der Waals surface area contributed by atoms with Gasteiger partial charge in [0.15, 0.2) is 0 Å². The summed E-state index contributed by atoms with van der Waals surface area (Å²) in [5, 5.41) is 10.9. The summed E-state index contributed by atoms with van der Waals surface area (Å²) < 4.78 is 2.33. The highest BCUT2D eigenvalue weighted by Gasteiger charge is 2.35. The summed E-state index contributed by atoms with van der Waals surface area (Å²) in [5.74, 6) is 0.649. The number of aryl methyl sites for hydroxylation is 1. The van der Waals surface area contributed by atoms with Crippen LogP contribution in [0.2, 0.25) is 0 Å². The van der Waals surface area contributed by atoms with Crippen LogP contribution in [0.1, 0.15) is 35.7 Å². The van der Waals surface area contributed by atoms with Crippen molar-refractivity contribution in [2.75, 3.05) is 0 Å². The van der Waals surface area contributed by atoms with Crippen LogP contribution in [-0.2, 0) is 6.61 Å². The second kappa shape index (κ2) is 5.25. The molecule has 0 spiro atoms. The maximum atomic E-state index is 9.71. The number of nitrogens with zero attached hydrogens (tertiary/aromatic N) is 2. The first-order chi connectivity index (χ1) is 10.8.